The fourth-order valence-electron chi connectivity index (χ4n) is 7.37. The SMILES string of the molecule is C[C@@H]1CN(c2ccc(C#N)c3ncccc23)C[C@@H]2C[C@@H](N3CCc4cc(N5CCNCC5)ccc4C3)CN21. The van der Waals surface area contributed by atoms with Crippen molar-refractivity contribution in [2.45, 2.75) is 44.4 Å². The number of piperazine rings is 2. The first-order chi connectivity index (χ1) is 18.7. The van der Waals surface area contributed by atoms with Crippen molar-refractivity contribution in [3.63, 3.8) is 0 Å². The lowest BCUT2D eigenvalue weighted by atomic mass is 9.96. The molecule has 0 bridgehead atoms. The minimum atomic E-state index is 0.500. The third kappa shape index (κ3) is 4.21. The Morgan fingerprint density at radius 2 is 1.84 bits per heavy atom. The molecular weight excluding hydrogens is 470 g/mol. The summed E-state index contributed by atoms with van der Waals surface area (Å²) in [6.45, 7) is 12.2. The van der Waals surface area contributed by atoms with E-state index in [1.54, 1.807) is 11.8 Å². The van der Waals surface area contributed by atoms with Crippen LogP contribution in [0.3, 0.4) is 0 Å². The van der Waals surface area contributed by atoms with Gasteiger partial charge in [0, 0.05) is 100.0 Å². The molecule has 3 atom stereocenters. The van der Waals surface area contributed by atoms with E-state index in [1.807, 2.05) is 12.1 Å². The van der Waals surface area contributed by atoms with Crippen LogP contribution in [-0.4, -0.2) is 85.3 Å². The zero-order chi connectivity index (χ0) is 25.6. The number of fused-ring (bicyclic) bond motifs is 3. The molecular formula is C31H37N7. The van der Waals surface area contributed by atoms with Crippen molar-refractivity contribution >= 4 is 22.3 Å². The zero-order valence-corrected chi connectivity index (χ0v) is 22.3. The summed E-state index contributed by atoms with van der Waals surface area (Å²) in [6.07, 6.45) is 4.17. The molecule has 4 aliphatic rings. The molecule has 196 valence electrons. The first-order valence-corrected chi connectivity index (χ1v) is 14.3. The van der Waals surface area contributed by atoms with Gasteiger partial charge in [-0.3, -0.25) is 14.8 Å². The number of rotatable bonds is 3. The highest BCUT2D eigenvalue weighted by atomic mass is 15.4. The molecule has 7 rings (SSSR count). The summed E-state index contributed by atoms with van der Waals surface area (Å²) in [7, 11) is 0. The van der Waals surface area contributed by atoms with Gasteiger partial charge < -0.3 is 15.1 Å². The molecule has 38 heavy (non-hydrogen) atoms. The second-order valence-electron chi connectivity index (χ2n) is 11.5. The lowest BCUT2D eigenvalue weighted by molar-refractivity contribution is 0.146. The molecule has 0 aliphatic carbocycles. The van der Waals surface area contributed by atoms with E-state index in [9.17, 15) is 5.26 Å². The Labute approximate surface area is 225 Å². The molecule has 3 aromatic rings. The van der Waals surface area contributed by atoms with Gasteiger partial charge in [0.05, 0.1) is 11.1 Å². The van der Waals surface area contributed by atoms with Gasteiger partial charge in [-0.15, -0.1) is 0 Å². The fourth-order valence-corrected chi connectivity index (χ4v) is 7.37. The molecule has 0 unspecified atom stereocenters. The maximum atomic E-state index is 9.57. The minimum Gasteiger partial charge on any atom is -0.369 e. The molecule has 3 saturated heterocycles. The number of benzene rings is 2. The lowest BCUT2D eigenvalue weighted by Crippen LogP contribution is -2.55. The summed E-state index contributed by atoms with van der Waals surface area (Å²) in [6, 6.07) is 19.4. The maximum Gasteiger partial charge on any atom is 0.101 e. The number of nitrogens with one attached hydrogen (secondary N) is 1. The van der Waals surface area contributed by atoms with E-state index < -0.39 is 0 Å². The molecule has 2 aromatic carbocycles. The fraction of sp³-hybridized carbons (Fsp3) is 0.484. The van der Waals surface area contributed by atoms with E-state index in [0.717, 1.165) is 69.7 Å². The van der Waals surface area contributed by atoms with Gasteiger partial charge in [0.2, 0.25) is 0 Å². The van der Waals surface area contributed by atoms with Crippen molar-refractivity contribution in [2.75, 3.05) is 62.2 Å². The van der Waals surface area contributed by atoms with Crippen molar-refractivity contribution in [3.8, 4) is 6.07 Å². The quantitative estimate of drug-likeness (QED) is 0.584. The minimum absolute atomic E-state index is 0.500. The number of nitriles is 1. The van der Waals surface area contributed by atoms with Crippen molar-refractivity contribution in [2.24, 2.45) is 0 Å². The van der Waals surface area contributed by atoms with Gasteiger partial charge in [-0.25, -0.2) is 0 Å². The van der Waals surface area contributed by atoms with Crippen LogP contribution in [-0.2, 0) is 13.0 Å². The second kappa shape index (κ2) is 9.85. The van der Waals surface area contributed by atoms with Crippen molar-refractivity contribution in [1.29, 1.82) is 5.26 Å². The van der Waals surface area contributed by atoms with Crippen LogP contribution < -0.4 is 15.1 Å². The van der Waals surface area contributed by atoms with Crippen LogP contribution in [0, 0.1) is 11.3 Å². The Hall–Kier alpha value is -3.18. The van der Waals surface area contributed by atoms with Gasteiger partial charge in [-0.2, -0.15) is 5.26 Å². The lowest BCUT2D eigenvalue weighted by Gasteiger charge is -2.43. The molecule has 0 spiro atoms. The van der Waals surface area contributed by atoms with Gasteiger partial charge in [0.25, 0.3) is 0 Å². The maximum absolute atomic E-state index is 9.57. The molecule has 1 aromatic heterocycles. The van der Waals surface area contributed by atoms with Gasteiger partial charge in [0.15, 0.2) is 0 Å². The van der Waals surface area contributed by atoms with Crippen LogP contribution in [0.4, 0.5) is 11.4 Å². The average molecular weight is 508 g/mol. The highest BCUT2D eigenvalue weighted by Crippen LogP contribution is 2.36. The highest BCUT2D eigenvalue weighted by Gasteiger charge is 2.42. The summed E-state index contributed by atoms with van der Waals surface area (Å²) in [5.41, 5.74) is 7.16. The smallest absolute Gasteiger partial charge is 0.101 e. The normalized spacial score (nSPS) is 26.3. The molecule has 3 fully saturated rings. The first kappa shape index (κ1) is 23.9. The summed E-state index contributed by atoms with van der Waals surface area (Å²) < 4.78 is 0. The standard InChI is InChI=1S/C31H37N7/c1-22-18-37(30-7-5-24(17-32)31-29(30)3-2-9-34-31)20-28-16-27(21-38(22)28)36-12-8-23-15-26(6-4-25(23)19-36)35-13-10-33-11-14-35/h2-7,9,15,22,27-28,33H,8,10-14,16,18-21H2,1H3/t22-,27-,28+/m1/s1. The van der Waals surface area contributed by atoms with Crippen LogP contribution >= 0.6 is 0 Å². The number of pyridine rings is 1. The largest absolute Gasteiger partial charge is 0.369 e. The molecule has 1 N–H and O–H groups in total. The van der Waals surface area contributed by atoms with Crippen molar-refractivity contribution in [3.05, 3.63) is 65.4 Å². The predicted molar refractivity (Wildman–Crippen MR) is 153 cm³/mol. The van der Waals surface area contributed by atoms with Gasteiger partial charge in [-0.05, 0) is 67.3 Å². The number of nitrogens with zero attached hydrogens (tertiary/aromatic N) is 6. The van der Waals surface area contributed by atoms with Crippen LogP contribution in [0.25, 0.3) is 10.9 Å². The highest BCUT2D eigenvalue weighted by molar-refractivity contribution is 5.95. The summed E-state index contributed by atoms with van der Waals surface area (Å²) in [5, 5.41) is 14.1. The monoisotopic (exact) mass is 507 g/mol. The van der Waals surface area contributed by atoms with Gasteiger partial charge in [0.1, 0.15) is 6.07 Å². The van der Waals surface area contributed by atoms with Crippen LogP contribution in [0.15, 0.2) is 48.7 Å². The molecule has 0 amide bonds. The Bertz CT molecular complexity index is 1370. The summed E-state index contributed by atoms with van der Waals surface area (Å²) in [5.74, 6) is 0. The topological polar surface area (TPSA) is 61.7 Å². The molecule has 4 aliphatic heterocycles. The number of anilines is 2. The summed E-state index contributed by atoms with van der Waals surface area (Å²) in [4.78, 5) is 15.1. The van der Waals surface area contributed by atoms with E-state index in [0.29, 0.717) is 23.7 Å². The molecule has 0 saturated carbocycles. The Morgan fingerprint density at radius 1 is 0.947 bits per heavy atom. The van der Waals surface area contributed by atoms with Crippen LogP contribution in [0.1, 0.15) is 30.0 Å². The van der Waals surface area contributed by atoms with E-state index >= 15 is 0 Å². The third-order valence-electron chi connectivity index (χ3n) is 9.35. The van der Waals surface area contributed by atoms with Crippen molar-refractivity contribution in [1.82, 2.24) is 20.1 Å². The number of aromatic nitrogens is 1. The molecule has 0 radical (unpaired) electrons. The van der Waals surface area contributed by atoms with Gasteiger partial charge in [-0.1, -0.05) is 6.07 Å². The van der Waals surface area contributed by atoms with E-state index in [4.69, 9.17) is 0 Å². The summed E-state index contributed by atoms with van der Waals surface area (Å²) >= 11 is 0. The number of hydrogen-bond acceptors (Lipinski definition) is 7. The Balaban J connectivity index is 1.06. The Kier molecular flexibility index (Phi) is 6.19. The Morgan fingerprint density at radius 3 is 2.71 bits per heavy atom. The van der Waals surface area contributed by atoms with E-state index in [2.05, 4.69) is 73.2 Å². The molecule has 7 heteroatoms. The predicted octanol–water partition coefficient (Wildman–Crippen LogP) is 3.23. The number of hydrogen-bond donors (Lipinski definition) is 1. The van der Waals surface area contributed by atoms with Crippen LogP contribution in [0.2, 0.25) is 0 Å². The molecule has 7 nitrogen and oxygen atoms in total. The molecule has 5 heterocycles. The second-order valence-corrected chi connectivity index (χ2v) is 11.5. The van der Waals surface area contributed by atoms with Gasteiger partial charge >= 0.3 is 0 Å². The van der Waals surface area contributed by atoms with Crippen LogP contribution in [0.5, 0.6) is 0 Å². The zero-order valence-electron chi connectivity index (χ0n) is 22.3. The van der Waals surface area contributed by atoms with E-state index in [-0.39, 0.29) is 0 Å². The third-order valence-corrected chi connectivity index (χ3v) is 9.35. The average Bonchev–Trinajstić information content (AvgIpc) is 3.41. The van der Waals surface area contributed by atoms with Crippen molar-refractivity contribution < 1.29 is 0 Å². The van der Waals surface area contributed by atoms with E-state index in [1.165, 1.54) is 29.9 Å². The first-order valence-electron chi connectivity index (χ1n) is 14.3.